The van der Waals surface area contributed by atoms with E-state index in [0.29, 0.717) is 25.3 Å². The van der Waals surface area contributed by atoms with Gasteiger partial charge in [0, 0.05) is 13.0 Å². The number of ether oxygens (including phenoxy) is 1. The number of carboxylic acid groups (broad SMARTS) is 1. The molecule has 2 rings (SSSR count). The molecule has 5 heteroatoms. The van der Waals surface area contributed by atoms with E-state index in [0.717, 1.165) is 5.75 Å². The Morgan fingerprint density at radius 1 is 1.37 bits per heavy atom. The van der Waals surface area contributed by atoms with Gasteiger partial charge in [0.05, 0.1) is 12.3 Å². The Bertz CT molecular complexity index is 549. The summed E-state index contributed by atoms with van der Waals surface area (Å²) in [5, 5.41) is 13.2. The lowest BCUT2D eigenvalue weighted by molar-refractivity contribution is 0.0682. The van der Waals surface area contributed by atoms with Crippen molar-refractivity contribution in [3.8, 4) is 5.75 Å². The molecule has 2 aromatic rings. The van der Waals surface area contributed by atoms with Gasteiger partial charge in [-0.15, -0.1) is 0 Å². The minimum absolute atomic E-state index is 0.220. The summed E-state index contributed by atoms with van der Waals surface area (Å²) in [5.41, 5.74) is 0.929. The van der Waals surface area contributed by atoms with Crippen molar-refractivity contribution in [3.63, 3.8) is 0 Å². The predicted octanol–water partition coefficient (Wildman–Crippen LogP) is 2.36. The van der Waals surface area contributed by atoms with E-state index in [4.69, 9.17) is 9.84 Å². The van der Waals surface area contributed by atoms with Crippen LogP contribution < -0.4 is 4.74 Å². The van der Waals surface area contributed by atoms with Crippen LogP contribution in [0.3, 0.4) is 0 Å². The number of hydrogen-bond acceptors (Lipinski definition) is 3. The molecule has 0 aliphatic heterocycles. The third kappa shape index (κ3) is 3.58. The highest BCUT2D eigenvalue weighted by Gasteiger charge is 2.11. The van der Waals surface area contributed by atoms with Crippen molar-refractivity contribution in [2.75, 3.05) is 6.61 Å². The zero-order chi connectivity index (χ0) is 13.7. The Morgan fingerprint density at radius 2 is 2.11 bits per heavy atom. The monoisotopic (exact) mass is 260 g/mol. The number of nitrogens with zero attached hydrogens (tertiary/aromatic N) is 2. The van der Waals surface area contributed by atoms with E-state index in [9.17, 15) is 4.79 Å². The molecular weight excluding hydrogens is 244 g/mol. The minimum Gasteiger partial charge on any atom is -0.494 e. The molecule has 100 valence electrons. The maximum absolute atomic E-state index is 11.0. The highest BCUT2D eigenvalue weighted by molar-refractivity contribution is 5.85. The number of aryl methyl sites for hydroxylation is 2. The summed E-state index contributed by atoms with van der Waals surface area (Å²) in [6.45, 7) is 2.84. The van der Waals surface area contributed by atoms with Crippen molar-refractivity contribution in [2.24, 2.45) is 0 Å². The van der Waals surface area contributed by atoms with Crippen LogP contribution in [-0.2, 0) is 6.54 Å². The lowest BCUT2D eigenvalue weighted by Gasteiger charge is -2.07. The summed E-state index contributed by atoms with van der Waals surface area (Å²) < 4.78 is 7.05. The van der Waals surface area contributed by atoms with Gasteiger partial charge < -0.3 is 9.84 Å². The number of carbonyl (C=O) groups is 1. The van der Waals surface area contributed by atoms with E-state index in [2.05, 4.69) is 5.10 Å². The lowest BCUT2D eigenvalue weighted by atomic mass is 10.3. The molecule has 1 N–H and O–H groups in total. The van der Waals surface area contributed by atoms with Crippen LogP contribution >= 0.6 is 0 Å². The largest absolute Gasteiger partial charge is 0.494 e. The van der Waals surface area contributed by atoms with Gasteiger partial charge >= 0.3 is 5.97 Å². The molecule has 0 aliphatic carbocycles. The first-order valence-electron chi connectivity index (χ1n) is 6.12. The van der Waals surface area contributed by atoms with Gasteiger partial charge in [0.15, 0.2) is 0 Å². The Kier molecular flexibility index (Phi) is 4.18. The second kappa shape index (κ2) is 6.04. The number of aromatic carboxylic acids is 1. The van der Waals surface area contributed by atoms with Crippen LogP contribution in [0.25, 0.3) is 0 Å². The SMILES string of the molecule is Cc1cc(C(=O)O)n(CCCOc2ccccc2)n1. The van der Waals surface area contributed by atoms with Gasteiger partial charge in [-0.05, 0) is 25.1 Å². The van der Waals surface area contributed by atoms with Gasteiger partial charge in [0.1, 0.15) is 11.4 Å². The number of benzene rings is 1. The summed E-state index contributed by atoms with van der Waals surface area (Å²) in [4.78, 5) is 11.0. The normalized spacial score (nSPS) is 10.4. The first kappa shape index (κ1) is 13.1. The second-order valence-electron chi connectivity index (χ2n) is 4.21. The average molecular weight is 260 g/mol. The maximum atomic E-state index is 11.0. The molecule has 0 bridgehead atoms. The first-order valence-corrected chi connectivity index (χ1v) is 6.12. The Labute approximate surface area is 111 Å². The molecule has 0 amide bonds. The lowest BCUT2D eigenvalue weighted by Crippen LogP contribution is -2.12. The number of aromatic nitrogens is 2. The van der Waals surface area contributed by atoms with Crippen LogP contribution in [0.15, 0.2) is 36.4 Å². The molecule has 19 heavy (non-hydrogen) atoms. The molecule has 0 unspecified atom stereocenters. The Morgan fingerprint density at radius 3 is 2.79 bits per heavy atom. The number of rotatable bonds is 6. The molecule has 0 atom stereocenters. The third-order valence-electron chi connectivity index (χ3n) is 2.65. The number of para-hydroxylation sites is 1. The quantitative estimate of drug-likeness (QED) is 0.810. The van der Waals surface area contributed by atoms with Crippen LogP contribution in [0.4, 0.5) is 0 Å². The van der Waals surface area contributed by atoms with Crippen molar-refractivity contribution in [1.82, 2.24) is 9.78 Å². The van der Waals surface area contributed by atoms with Gasteiger partial charge in [-0.3, -0.25) is 4.68 Å². The summed E-state index contributed by atoms with van der Waals surface area (Å²) in [6, 6.07) is 11.1. The fourth-order valence-electron chi connectivity index (χ4n) is 1.81. The highest BCUT2D eigenvalue weighted by Crippen LogP contribution is 2.09. The molecule has 0 saturated carbocycles. The fraction of sp³-hybridized carbons (Fsp3) is 0.286. The van der Waals surface area contributed by atoms with Crippen molar-refractivity contribution >= 4 is 5.97 Å². The van der Waals surface area contributed by atoms with E-state index in [1.807, 2.05) is 30.3 Å². The van der Waals surface area contributed by atoms with E-state index < -0.39 is 5.97 Å². The van der Waals surface area contributed by atoms with Crippen molar-refractivity contribution < 1.29 is 14.6 Å². The van der Waals surface area contributed by atoms with Crippen LogP contribution in [0.5, 0.6) is 5.75 Å². The first-order chi connectivity index (χ1) is 9.16. The van der Waals surface area contributed by atoms with Crippen molar-refractivity contribution in [3.05, 3.63) is 47.8 Å². The van der Waals surface area contributed by atoms with Crippen molar-refractivity contribution in [2.45, 2.75) is 19.9 Å². The fourth-order valence-corrected chi connectivity index (χ4v) is 1.81. The standard InChI is InChI=1S/C14H16N2O3/c1-11-10-13(14(17)18)16(15-11)8-5-9-19-12-6-3-2-4-7-12/h2-4,6-7,10H,5,8-9H2,1H3,(H,17,18). The molecule has 5 nitrogen and oxygen atoms in total. The predicted molar refractivity (Wildman–Crippen MR) is 70.5 cm³/mol. The van der Waals surface area contributed by atoms with E-state index in [-0.39, 0.29) is 5.69 Å². The van der Waals surface area contributed by atoms with Crippen LogP contribution in [-0.4, -0.2) is 27.5 Å². The summed E-state index contributed by atoms with van der Waals surface area (Å²) in [6.07, 6.45) is 0.705. The second-order valence-corrected chi connectivity index (χ2v) is 4.21. The molecule has 1 aromatic heterocycles. The Hall–Kier alpha value is -2.30. The molecule has 1 heterocycles. The summed E-state index contributed by atoms with van der Waals surface area (Å²) in [5.74, 6) is -0.137. The molecule has 0 fully saturated rings. The summed E-state index contributed by atoms with van der Waals surface area (Å²) in [7, 11) is 0. The van der Waals surface area contributed by atoms with Gasteiger partial charge in [-0.25, -0.2) is 4.79 Å². The number of hydrogen-bond donors (Lipinski definition) is 1. The average Bonchev–Trinajstić information content (AvgIpc) is 2.77. The summed E-state index contributed by atoms with van der Waals surface area (Å²) >= 11 is 0. The third-order valence-corrected chi connectivity index (χ3v) is 2.65. The van der Waals surface area contributed by atoms with Gasteiger partial charge in [-0.1, -0.05) is 18.2 Å². The van der Waals surface area contributed by atoms with Gasteiger partial charge in [-0.2, -0.15) is 5.10 Å². The smallest absolute Gasteiger partial charge is 0.354 e. The van der Waals surface area contributed by atoms with Crippen LogP contribution in [0.1, 0.15) is 22.6 Å². The number of carboxylic acids is 1. The highest BCUT2D eigenvalue weighted by atomic mass is 16.5. The van der Waals surface area contributed by atoms with E-state index in [1.165, 1.54) is 4.68 Å². The zero-order valence-electron chi connectivity index (χ0n) is 10.7. The van der Waals surface area contributed by atoms with Crippen LogP contribution in [0, 0.1) is 6.92 Å². The topological polar surface area (TPSA) is 64.3 Å². The molecule has 0 saturated heterocycles. The minimum atomic E-state index is -0.954. The zero-order valence-corrected chi connectivity index (χ0v) is 10.7. The van der Waals surface area contributed by atoms with E-state index in [1.54, 1.807) is 13.0 Å². The van der Waals surface area contributed by atoms with Gasteiger partial charge in [0.2, 0.25) is 0 Å². The molecular formula is C14H16N2O3. The van der Waals surface area contributed by atoms with E-state index >= 15 is 0 Å². The Balaban J connectivity index is 1.84. The molecule has 0 aliphatic rings. The van der Waals surface area contributed by atoms with Crippen molar-refractivity contribution in [1.29, 1.82) is 0 Å². The van der Waals surface area contributed by atoms with Crippen LogP contribution in [0.2, 0.25) is 0 Å². The molecule has 1 aromatic carbocycles. The molecule has 0 radical (unpaired) electrons. The maximum Gasteiger partial charge on any atom is 0.354 e. The van der Waals surface area contributed by atoms with Gasteiger partial charge in [0.25, 0.3) is 0 Å². The molecule has 0 spiro atoms.